The van der Waals surface area contributed by atoms with Crippen molar-refractivity contribution in [3.63, 3.8) is 0 Å². The maximum Gasteiger partial charge on any atom is 0.250 e. The summed E-state index contributed by atoms with van der Waals surface area (Å²) in [6.07, 6.45) is 4.31. The van der Waals surface area contributed by atoms with E-state index in [1.54, 1.807) is 0 Å². The molecule has 3 aromatic rings. The van der Waals surface area contributed by atoms with E-state index in [1.165, 1.54) is 0 Å². The quantitative estimate of drug-likeness (QED) is 0.295. The van der Waals surface area contributed by atoms with Gasteiger partial charge in [0.15, 0.2) is 5.78 Å². The zero-order valence-corrected chi connectivity index (χ0v) is 24.6. The Morgan fingerprint density at radius 2 is 1.76 bits per heavy atom. The van der Waals surface area contributed by atoms with Crippen LogP contribution in [0.15, 0.2) is 87.3 Å². The number of carbonyl (C=O) groups is 2. The number of anilines is 1. The molecule has 1 amide bonds. The molecular formula is C31H26Br2N2O2S. The van der Waals surface area contributed by atoms with Crippen LogP contribution in [-0.2, 0) is 15.1 Å². The second kappa shape index (κ2) is 9.19. The third-order valence-corrected chi connectivity index (χ3v) is 10.9. The Hall–Kier alpha value is -2.19. The van der Waals surface area contributed by atoms with Gasteiger partial charge in [-0.15, -0.1) is 11.8 Å². The summed E-state index contributed by atoms with van der Waals surface area (Å²) in [5.74, 6) is 1.59. The first-order valence-corrected chi connectivity index (χ1v) is 15.7. The number of amides is 1. The fraction of sp³-hybridized carbons (Fsp3) is 0.290. The molecule has 7 rings (SSSR count). The summed E-state index contributed by atoms with van der Waals surface area (Å²) in [5, 5.41) is 3.21. The smallest absolute Gasteiger partial charge is 0.250 e. The summed E-state index contributed by atoms with van der Waals surface area (Å²) in [6.45, 7) is 0. The first-order valence-electron chi connectivity index (χ1n) is 13.0. The fourth-order valence-corrected chi connectivity index (χ4v) is 9.85. The average molecular weight is 650 g/mol. The molecule has 192 valence electrons. The number of benzene rings is 3. The highest BCUT2D eigenvalue weighted by atomic mass is 79.9. The zero-order chi connectivity index (χ0) is 26.1. The minimum absolute atomic E-state index is 0.0549. The molecule has 0 radical (unpaired) electrons. The largest absolute Gasteiger partial charge is 0.324 e. The molecule has 1 saturated carbocycles. The van der Waals surface area contributed by atoms with Crippen molar-refractivity contribution in [1.82, 2.24) is 4.90 Å². The number of fused-ring (bicyclic) bond motifs is 5. The van der Waals surface area contributed by atoms with Crippen LogP contribution in [0.3, 0.4) is 0 Å². The van der Waals surface area contributed by atoms with Crippen LogP contribution in [0.4, 0.5) is 5.69 Å². The number of ketones is 1. The van der Waals surface area contributed by atoms with Crippen molar-refractivity contribution >= 4 is 67.1 Å². The Bertz CT molecular complexity index is 1520. The number of nitrogens with one attached hydrogen (secondary N) is 1. The molecular weight excluding hydrogens is 624 g/mol. The molecule has 7 heteroatoms. The van der Waals surface area contributed by atoms with E-state index in [4.69, 9.17) is 0 Å². The minimum Gasteiger partial charge on any atom is -0.324 e. The average Bonchev–Trinajstić information content (AvgIpc) is 3.55. The first kappa shape index (κ1) is 24.8. The van der Waals surface area contributed by atoms with Gasteiger partial charge in [0, 0.05) is 43.8 Å². The van der Waals surface area contributed by atoms with E-state index < -0.39 is 11.0 Å². The summed E-state index contributed by atoms with van der Waals surface area (Å²) in [6, 6.07) is 24.6. The molecule has 3 heterocycles. The van der Waals surface area contributed by atoms with Crippen LogP contribution in [0.25, 0.3) is 6.08 Å². The second-order valence-corrected chi connectivity index (χ2v) is 13.5. The van der Waals surface area contributed by atoms with Crippen LogP contribution in [0, 0.1) is 5.41 Å². The van der Waals surface area contributed by atoms with Crippen molar-refractivity contribution in [3.8, 4) is 0 Å². The number of Topliss-reactive ketones (excluding diaryl/α,β-unsaturated/α-hetero) is 1. The van der Waals surface area contributed by atoms with Crippen molar-refractivity contribution in [2.45, 2.75) is 36.8 Å². The van der Waals surface area contributed by atoms with Gasteiger partial charge in [0.1, 0.15) is 5.54 Å². The summed E-state index contributed by atoms with van der Waals surface area (Å²) in [7, 11) is 0. The monoisotopic (exact) mass is 648 g/mol. The van der Waals surface area contributed by atoms with Gasteiger partial charge in [-0.1, -0.05) is 74.3 Å². The maximum atomic E-state index is 15.1. The number of carbonyl (C=O) groups excluding carboxylic acids is 2. The van der Waals surface area contributed by atoms with Gasteiger partial charge >= 0.3 is 0 Å². The molecule has 38 heavy (non-hydrogen) atoms. The molecule has 0 aromatic heterocycles. The number of allylic oxidation sites excluding steroid dienone is 1. The minimum atomic E-state index is -1.04. The van der Waals surface area contributed by atoms with E-state index in [9.17, 15) is 4.79 Å². The van der Waals surface area contributed by atoms with E-state index in [1.807, 2.05) is 60.3 Å². The number of rotatable bonds is 2. The molecule has 4 atom stereocenters. The van der Waals surface area contributed by atoms with E-state index in [2.05, 4.69) is 72.4 Å². The Morgan fingerprint density at radius 1 is 0.974 bits per heavy atom. The van der Waals surface area contributed by atoms with Gasteiger partial charge < -0.3 is 5.32 Å². The molecule has 2 spiro atoms. The molecule has 0 bridgehead atoms. The molecule has 2 saturated heterocycles. The number of halogens is 2. The van der Waals surface area contributed by atoms with Gasteiger partial charge in [-0.3, -0.25) is 14.5 Å². The normalized spacial score (nSPS) is 31.3. The lowest BCUT2D eigenvalue weighted by Gasteiger charge is -2.49. The number of thioether (sulfide) groups is 1. The van der Waals surface area contributed by atoms with Crippen molar-refractivity contribution in [1.29, 1.82) is 0 Å². The lowest BCUT2D eigenvalue weighted by Crippen LogP contribution is -2.60. The summed E-state index contributed by atoms with van der Waals surface area (Å²) in [5.41, 5.74) is 2.77. The molecule has 3 fully saturated rings. The maximum absolute atomic E-state index is 15.1. The van der Waals surface area contributed by atoms with E-state index in [-0.39, 0.29) is 23.7 Å². The lowest BCUT2D eigenvalue weighted by molar-refractivity contribution is -0.145. The molecule has 3 aliphatic heterocycles. The number of nitrogens with zero attached hydrogens (tertiary/aromatic N) is 1. The highest BCUT2D eigenvalue weighted by Crippen LogP contribution is 2.70. The first-order chi connectivity index (χ1) is 18.5. The molecule has 3 aromatic carbocycles. The standard InChI is InChI=1S/C31H26Br2N2O2S/c32-22-9-3-6-19(15-22)14-21-8-5-13-30(28(21)36)27(20-7-4-10-23(33)16-20)26-17-38-18-35(26)31(30)24-11-1-2-12-25(24)34-29(31)37/h1-4,6-7,9-12,14-16,26-27H,5,8,13,17-18H2,(H,34,37)/t26-,27-,30-,31-/m0/s1. The van der Waals surface area contributed by atoms with Gasteiger partial charge in [-0.05, 0) is 72.4 Å². The number of hydrogen-bond acceptors (Lipinski definition) is 4. The van der Waals surface area contributed by atoms with Crippen LogP contribution < -0.4 is 5.32 Å². The summed E-state index contributed by atoms with van der Waals surface area (Å²) >= 11 is 9.12. The summed E-state index contributed by atoms with van der Waals surface area (Å²) in [4.78, 5) is 32.0. The number of hydrogen-bond donors (Lipinski definition) is 1. The van der Waals surface area contributed by atoms with Crippen molar-refractivity contribution in [2.24, 2.45) is 5.41 Å². The topological polar surface area (TPSA) is 49.4 Å². The summed E-state index contributed by atoms with van der Waals surface area (Å²) < 4.78 is 1.98. The van der Waals surface area contributed by atoms with E-state index >= 15 is 4.79 Å². The fourth-order valence-electron chi connectivity index (χ4n) is 7.71. The van der Waals surface area contributed by atoms with Gasteiger partial charge in [-0.25, -0.2) is 0 Å². The Morgan fingerprint density at radius 3 is 2.58 bits per heavy atom. The molecule has 0 unspecified atom stereocenters. The van der Waals surface area contributed by atoms with E-state index in [0.29, 0.717) is 6.42 Å². The Balaban J connectivity index is 1.52. The van der Waals surface area contributed by atoms with E-state index in [0.717, 1.165) is 61.4 Å². The Labute approximate surface area is 243 Å². The molecule has 1 aliphatic carbocycles. The van der Waals surface area contributed by atoms with Gasteiger partial charge in [-0.2, -0.15) is 0 Å². The van der Waals surface area contributed by atoms with Crippen LogP contribution in [0.5, 0.6) is 0 Å². The predicted molar refractivity (Wildman–Crippen MR) is 160 cm³/mol. The van der Waals surface area contributed by atoms with Crippen LogP contribution >= 0.6 is 43.6 Å². The van der Waals surface area contributed by atoms with Crippen molar-refractivity contribution < 1.29 is 9.59 Å². The van der Waals surface area contributed by atoms with Gasteiger partial charge in [0.2, 0.25) is 0 Å². The highest BCUT2D eigenvalue weighted by Gasteiger charge is 2.77. The van der Waals surface area contributed by atoms with Crippen LogP contribution in [0.1, 0.15) is 41.9 Å². The SMILES string of the molecule is O=C1Nc2ccccc2[C@]12N1CSC[C@H]1[C@H](c1cccc(Br)c1)[C@]21CCCC(=Cc2cccc(Br)c2)C1=O. The van der Waals surface area contributed by atoms with Crippen molar-refractivity contribution in [3.05, 3.63) is 104 Å². The van der Waals surface area contributed by atoms with Crippen LogP contribution in [0.2, 0.25) is 0 Å². The predicted octanol–water partition coefficient (Wildman–Crippen LogP) is 7.35. The highest BCUT2D eigenvalue weighted by molar-refractivity contribution is 9.10. The third kappa shape index (κ3) is 3.31. The third-order valence-electron chi connectivity index (χ3n) is 8.92. The van der Waals surface area contributed by atoms with Crippen molar-refractivity contribution in [2.75, 3.05) is 16.9 Å². The second-order valence-electron chi connectivity index (χ2n) is 10.7. The lowest BCUT2D eigenvalue weighted by atomic mass is 9.53. The molecule has 4 nitrogen and oxygen atoms in total. The zero-order valence-electron chi connectivity index (χ0n) is 20.6. The Kier molecular flexibility index (Phi) is 6.00. The van der Waals surface area contributed by atoms with Gasteiger partial charge in [0.25, 0.3) is 5.91 Å². The number of para-hydroxylation sites is 1. The van der Waals surface area contributed by atoms with Gasteiger partial charge in [0.05, 0.1) is 5.41 Å². The molecule has 4 aliphatic rings. The molecule has 1 N–H and O–H groups in total. The van der Waals surface area contributed by atoms with Crippen LogP contribution in [-0.4, -0.2) is 34.3 Å².